The first kappa shape index (κ1) is 60.1. The molecule has 1 atom stereocenters. The Bertz CT molecular complexity index is 986. The molecule has 5 nitrogen and oxygen atoms in total. The van der Waals surface area contributed by atoms with Gasteiger partial charge in [-0.2, -0.15) is 0 Å². The number of esters is 2. The fourth-order valence-corrected chi connectivity index (χ4v) is 8.05. The molecule has 62 heavy (non-hydrogen) atoms. The predicted octanol–water partition coefficient (Wildman–Crippen LogP) is 18.6. The summed E-state index contributed by atoms with van der Waals surface area (Å²) in [6.45, 7) is 7.84. The van der Waals surface area contributed by atoms with E-state index in [-0.39, 0.29) is 18.5 Å². The van der Waals surface area contributed by atoms with Gasteiger partial charge in [-0.1, -0.05) is 256 Å². The van der Waals surface area contributed by atoms with Crippen molar-refractivity contribution < 1.29 is 23.8 Å². The molecule has 0 aromatic heterocycles. The van der Waals surface area contributed by atoms with Gasteiger partial charge in [0.1, 0.15) is 6.61 Å². The molecule has 0 amide bonds. The van der Waals surface area contributed by atoms with Gasteiger partial charge >= 0.3 is 11.9 Å². The molecule has 364 valence electrons. The van der Waals surface area contributed by atoms with E-state index in [2.05, 4.69) is 57.2 Å². The van der Waals surface area contributed by atoms with Crippen molar-refractivity contribution in [2.75, 3.05) is 19.8 Å². The Kier molecular flexibility index (Phi) is 51.8. The third kappa shape index (κ3) is 50.8. The van der Waals surface area contributed by atoms with Crippen LogP contribution in [-0.2, 0) is 23.8 Å². The van der Waals surface area contributed by atoms with Crippen LogP contribution in [0.3, 0.4) is 0 Å². The van der Waals surface area contributed by atoms with Gasteiger partial charge in [-0.05, 0) is 57.8 Å². The summed E-state index contributed by atoms with van der Waals surface area (Å²) < 4.78 is 17.4. The fourth-order valence-electron chi connectivity index (χ4n) is 8.05. The highest BCUT2D eigenvalue weighted by atomic mass is 16.6. The van der Waals surface area contributed by atoms with E-state index in [1.165, 1.54) is 199 Å². The molecule has 5 heteroatoms. The highest BCUT2D eigenvalue weighted by Crippen LogP contribution is 2.16. The Morgan fingerprint density at radius 2 is 0.677 bits per heavy atom. The molecule has 0 aromatic rings. The van der Waals surface area contributed by atoms with E-state index in [4.69, 9.17) is 14.2 Å². The summed E-state index contributed by atoms with van der Waals surface area (Å²) in [4.78, 5) is 25.4. The average molecular weight is 871 g/mol. The minimum absolute atomic E-state index is 0.0847. The molecule has 0 rings (SSSR count). The number of hydrogen-bond donors (Lipinski definition) is 0. The molecule has 0 N–H and O–H groups in total. The van der Waals surface area contributed by atoms with E-state index in [1.807, 2.05) is 0 Å². The van der Waals surface area contributed by atoms with Crippen molar-refractivity contribution in [2.45, 2.75) is 297 Å². The van der Waals surface area contributed by atoms with Crippen molar-refractivity contribution >= 4 is 11.9 Å². The fraction of sp³-hybridized carbons (Fsp3) is 0.860. The van der Waals surface area contributed by atoms with E-state index in [1.54, 1.807) is 0 Å². The lowest BCUT2D eigenvalue weighted by atomic mass is 10.0. The van der Waals surface area contributed by atoms with E-state index in [0.29, 0.717) is 26.1 Å². The van der Waals surface area contributed by atoms with Gasteiger partial charge < -0.3 is 14.2 Å². The van der Waals surface area contributed by atoms with Gasteiger partial charge in [-0.3, -0.25) is 9.59 Å². The lowest BCUT2D eigenvalue weighted by Crippen LogP contribution is -2.30. The Hall–Kier alpha value is -1.88. The zero-order valence-electron chi connectivity index (χ0n) is 41.9. The van der Waals surface area contributed by atoms with Crippen molar-refractivity contribution in [1.29, 1.82) is 0 Å². The van der Waals surface area contributed by atoms with Crippen molar-refractivity contribution in [2.24, 2.45) is 0 Å². The second-order valence-electron chi connectivity index (χ2n) is 18.5. The summed E-state index contributed by atoms with van der Waals surface area (Å²) in [5, 5.41) is 0. The largest absolute Gasteiger partial charge is 0.462 e. The van der Waals surface area contributed by atoms with Crippen LogP contribution in [-0.4, -0.2) is 37.9 Å². The average Bonchev–Trinajstić information content (AvgIpc) is 3.27. The molecule has 0 heterocycles. The SMILES string of the molecule is CCCCC/C=C\C/C=C\C/C=C\CCCCCCCCC(=O)OCC(COCCCCCCCCCCCCCCCC)OC(=O)CCCCCCCCCCCCCCC. The first-order valence-electron chi connectivity index (χ1n) is 27.5. The number of carbonyl (C=O) groups is 2. The predicted molar refractivity (Wildman–Crippen MR) is 270 cm³/mol. The maximum absolute atomic E-state index is 12.8. The van der Waals surface area contributed by atoms with E-state index in [0.717, 1.165) is 57.8 Å². The van der Waals surface area contributed by atoms with Gasteiger partial charge in [0.05, 0.1) is 6.61 Å². The Morgan fingerprint density at radius 1 is 0.355 bits per heavy atom. The molecule has 0 spiro atoms. The molecular weight excluding hydrogens is 765 g/mol. The number of rotatable bonds is 51. The summed E-state index contributed by atoms with van der Waals surface area (Å²) in [5.41, 5.74) is 0. The molecule has 0 saturated heterocycles. The lowest BCUT2D eigenvalue weighted by Gasteiger charge is -2.18. The van der Waals surface area contributed by atoms with E-state index >= 15 is 0 Å². The highest BCUT2D eigenvalue weighted by Gasteiger charge is 2.17. The van der Waals surface area contributed by atoms with Gasteiger partial charge in [0.2, 0.25) is 0 Å². The molecule has 0 radical (unpaired) electrons. The molecule has 0 bridgehead atoms. The second-order valence-corrected chi connectivity index (χ2v) is 18.5. The number of carbonyl (C=O) groups excluding carboxylic acids is 2. The summed E-state index contributed by atoms with van der Waals surface area (Å²) in [6, 6.07) is 0. The van der Waals surface area contributed by atoms with Gasteiger partial charge in [-0.15, -0.1) is 0 Å². The van der Waals surface area contributed by atoms with Crippen LogP contribution in [0.5, 0.6) is 0 Å². The maximum Gasteiger partial charge on any atom is 0.306 e. The first-order valence-corrected chi connectivity index (χ1v) is 27.5. The van der Waals surface area contributed by atoms with Crippen molar-refractivity contribution in [3.63, 3.8) is 0 Å². The number of ether oxygens (including phenoxy) is 3. The summed E-state index contributed by atoms with van der Waals surface area (Å²) in [5.74, 6) is -0.394. The highest BCUT2D eigenvalue weighted by molar-refractivity contribution is 5.70. The van der Waals surface area contributed by atoms with Crippen molar-refractivity contribution in [3.8, 4) is 0 Å². The number of allylic oxidation sites excluding steroid dienone is 6. The maximum atomic E-state index is 12.8. The molecule has 0 aliphatic rings. The van der Waals surface area contributed by atoms with Crippen LogP contribution in [0, 0.1) is 0 Å². The van der Waals surface area contributed by atoms with Gasteiger partial charge in [0.25, 0.3) is 0 Å². The standard InChI is InChI=1S/C57H106O5/c1-4-7-10-13-16-19-22-25-27-28-29-30-31-33-35-38-41-44-47-50-56(58)61-54-55(53-60-52-49-46-43-40-37-34-26-23-20-17-14-11-8-5-2)62-57(59)51-48-45-42-39-36-32-24-21-18-15-12-9-6-3/h16,19,25,27,29-30,55H,4-15,17-18,20-24,26,28,31-54H2,1-3H3/b19-16-,27-25-,30-29-. The Morgan fingerprint density at radius 3 is 1.11 bits per heavy atom. The van der Waals surface area contributed by atoms with Crippen LogP contribution in [0.2, 0.25) is 0 Å². The molecule has 0 aliphatic carbocycles. The third-order valence-corrected chi connectivity index (χ3v) is 12.2. The summed E-state index contributed by atoms with van der Waals surface area (Å²) in [7, 11) is 0. The van der Waals surface area contributed by atoms with Crippen molar-refractivity contribution in [1.82, 2.24) is 0 Å². The van der Waals surface area contributed by atoms with Gasteiger partial charge in [0, 0.05) is 19.4 Å². The molecule has 1 unspecified atom stereocenters. The molecule has 0 saturated carbocycles. The van der Waals surface area contributed by atoms with E-state index in [9.17, 15) is 9.59 Å². The van der Waals surface area contributed by atoms with Crippen LogP contribution in [0.15, 0.2) is 36.5 Å². The molecular formula is C57H106O5. The van der Waals surface area contributed by atoms with Crippen LogP contribution in [0.1, 0.15) is 290 Å². The molecule has 0 fully saturated rings. The van der Waals surface area contributed by atoms with Crippen molar-refractivity contribution in [3.05, 3.63) is 36.5 Å². The summed E-state index contributed by atoms with van der Waals surface area (Å²) >= 11 is 0. The van der Waals surface area contributed by atoms with Crippen LogP contribution in [0.25, 0.3) is 0 Å². The molecule has 0 aliphatic heterocycles. The minimum atomic E-state index is -0.535. The van der Waals surface area contributed by atoms with Gasteiger partial charge in [0.15, 0.2) is 6.10 Å². The number of hydrogen-bond acceptors (Lipinski definition) is 5. The normalized spacial score (nSPS) is 12.4. The van der Waals surface area contributed by atoms with Gasteiger partial charge in [-0.25, -0.2) is 0 Å². The number of unbranched alkanes of at least 4 members (excludes halogenated alkanes) is 34. The van der Waals surface area contributed by atoms with Crippen LogP contribution < -0.4 is 0 Å². The Balaban J connectivity index is 4.23. The second kappa shape index (κ2) is 53.5. The zero-order chi connectivity index (χ0) is 44.9. The first-order chi connectivity index (χ1) is 30.6. The molecule has 0 aromatic carbocycles. The zero-order valence-corrected chi connectivity index (χ0v) is 41.9. The minimum Gasteiger partial charge on any atom is -0.462 e. The van der Waals surface area contributed by atoms with E-state index < -0.39 is 6.10 Å². The quantitative estimate of drug-likeness (QED) is 0.0346. The topological polar surface area (TPSA) is 61.8 Å². The monoisotopic (exact) mass is 871 g/mol. The third-order valence-electron chi connectivity index (χ3n) is 12.2. The van der Waals surface area contributed by atoms with Crippen LogP contribution in [0.4, 0.5) is 0 Å². The lowest BCUT2D eigenvalue weighted by molar-refractivity contribution is -0.163. The van der Waals surface area contributed by atoms with Crippen LogP contribution >= 0.6 is 0 Å². The summed E-state index contributed by atoms with van der Waals surface area (Å²) in [6.07, 6.45) is 64.3. The Labute approximate surface area is 387 Å². The smallest absolute Gasteiger partial charge is 0.306 e.